The standard InChI is InChI=1S/3C7H15NO3.C6H12O6.C4H7N3O.3C3H6O.C2H7N.3C2H4O2/c3*1-8(2,3)5-6(9)4-7(10)11;7-1-3(9)5(11)6(12)4(10)2-8;1-7-2-3(8)6-4(7)5;3*1-3(2)4;1-3-2;3*1-2(3)4/h3*6,9H,4-5H2,1-3H3;1,3-6,8-12H,2H2;2H2,1H3,(H2,5,6,8);3*1-2H3;3H,1-2H3;3*1H3,(H,3,4)/t;;;3-,4+,5+,6+;;;;;;;;/m...0......../s1. The molecule has 80 heavy (non-hydrogen) atoms. The minimum atomic E-state index is -1.79. The first-order valence-corrected chi connectivity index (χ1v) is 23.5. The lowest BCUT2D eigenvalue weighted by Gasteiger charge is -2.26. The van der Waals surface area contributed by atoms with E-state index in [2.05, 4.69) is 10.6 Å². The van der Waals surface area contributed by atoms with Crippen LogP contribution in [-0.4, -0.2) is 306 Å². The molecule has 1 aliphatic heterocycles. The molecule has 0 aromatic rings. The van der Waals surface area contributed by atoms with Crippen LogP contribution < -0.4 is 26.0 Å². The highest BCUT2D eigenvalue weighted by Gasteiger charge is 2.29. The van der Waals surface area contributed by atoms with Gasteiger partial charge in [-0.05, 0) is 55.6 Å². The Kier molecular flexibility index (Phi) is 73.4. The predicted octanol–water partition coefficient (Wildman–Crippen LogP) is -7.92. The first-order valence-electron chi connectivity index (χ1n) is 23.5. The van der Waals surface area contributed by atoms with Crippen molar-refractivity contribution < 1.29 is 138 Å². The molecule has 0 aliphatic carbocycles. The van der Waals surface area contributed by atoms with Crippen molar-refractivity contribution in [3.05, 3.63) is 0 Å². The molecule has 1 fully saturated rings. The van der Waals surface area contributed by atoms with Crippen LogP contribution >= 0.6 is 0 Å². The minimum Gasteiger partial charge on any atom is -0.550 e. The summed E-state index contributed by atoms with van der Waals surface area (Å²) in [5.41, 5.74) is 0. The number of ketones is 3. The highest BCUT2D eigenvalue weighted by Crippen LogP contribution is 2.03. The molecule has 1 rings (SSSR count). The monoisotopic (exact) mass is 1180 g/mol. The van der Waals surface area contributed by atoms with Gasteiger partial charge in [-0.1, -0.05) is 0 Å². The number of amides is 1. The molecule has 0 radical (unpaired) electrons. The second-order valence-electron chi connectivity index (χ2n) is 20.0. The normalized spacial score (nSPS) is 13.2. The molecule has 1 aliphatic rings. The van der Waals surface area contributed by atoms with Crippen molar-refractivity contribution in [2.45, 2.75) is 124 Å². The van der Waals surface area contributed by atoms with Gasteiger partial charge in [-0.15, -0.1) is 0 Å². The molecule has 0 saturated carbocycles. The number of aliphatic hydroxyl groups excluding tert-OH is 8. The van der Waals surface area contributed by atoms with E-state index in [-0.39, 0.29) is 54.8 Å². The number of Topliss-reactive ketones (excluding diaryl/α,β-unsaturated/α-hetero) is 3. The second kappa shape index (κ2) is 59.1. The average Bonchev–Trinajstić information content (AvgIpc) is 3.46. The SMILES string of the molecule is CC(=O)O.CC(=O)O.CC(=O)O.CC(C)=O.CC(C)=O.CC(C)=O.CN1CC(=O)NC1=N.CNC.C[N+](C)(C)CC(O)CC(=O)[O-].C[N+](C)(C)CC(O)CC(=O)[O-].C[N+](C)(C)CC(O)CC(=O)[O-].O=C[C@H](O)[C@@H](O)[C@H](O)[C@H](O)CO. The summed E-state index contributed by atoms with van der Waals surface area (Å²) in [5, 5.41) is 135. The lowest BCUT2D eigenvalue weighted by molar-refractivity contribution is -0.873. The Balaban J connectivity index is -0.0000000744. The van der Waals surface area contributed by atoms with Gasteiger partial charge in [-0.2, -0.15) is 0 Å². The molecule has 478 valence electrons. The van der Waals surface area contributed by atoms with Crippen molar-refractivity contribution in [3.8, 4) is 0 Å². The average molecular weight is 1180 g/mol. The van der Waals surface area contributed by atoms with Gasteiger partial charge in [0, 0.05) is 65.0 Å². The van der Waals surface area contributed by atoms with Crippen LogP contribution in [0.2, 0.25) is 0 Å². The van der Waals surface area contributed by atoms with Gasteiger partial charge in [-0.3, -0.25) is 29.9 Å². The number of aliphatic carboxylic acids is 6. The topological polar surface area (TPSA) is 531 Å². The van der Waals surface area contributed by atoms with E-state index in [0.717, 1.165) is 20.8 Å². The van der Waals surface area contributed by atoms with Gasteiger partial charge in [0.05, 0.1) is 76.6 Å². The smallest absolute Gasteiger partial charge is 0.300 e. The fourth-order valence-electron chi connectivity index (χ4n) is 3.85. The van der Waals surface area contributed by atoms with Gasteiger partial charge in [0.2, 0.25) is 5.91 Å². The maximum absolute atomic E-state index is 10.4. The molecular weight excluding hydrogens is 1070 g/mol. The van der Waals surface area contributed by atoms with E-state index in [1.54, 1.807) is 11.9 Å². The van der Waals surface area contributed by atoms with E-state index in [9.17, 15) is 53.7 Å². The number of nitrogens with one attached hydrogen (secondary N) is 3. The van der Waals surface area contributed by atoms with Gasteiger partial charge in [-0.25, -0.2) is 0 Å². The number of guanidine groups is 1. The molecule has 1 amide bonds. The van der Waals surface area contributed by atoms with Gasteiger partial charge < -0.3 is 129 Å². The zero-order valence-electron chi connectivity index (χ0n) is 50.7. The number of carboxylic acid groups (broad SMARTS) is 6. The van der Waals surface area contributed by atoms with E-state index < -0.39 is 85.2 Å². The van der Waals surface area contributed by atoms with Crippen LogP contribution in [0, 0.1) is 5.41 Å². The maximum atomic E-state index is 10.4. The number of likely N-dealkylation sites (N-methyl/N-ethyl adjacent to an activating group) is 4. The molecule has 0 bridgehead atoms. The highest BCUT2D eigenvalue weighted by molar-refractivity contribution is 6.02. The zero-order valence-corrected chi connectivity index (χ0v) is 50.7. The van der Waals surface area contributed by atoms with Gasteiger partial charge >= 0.3 is 0 Å². The zero-order chi connectivity index (χ0) is 67.2. The third kappa shape index (κ3) is 151. The fraction of sp³-hybridized carbons (Fsp3) is 0.750. The summed E-state index contributed by atoms with van der Waals surface area (Å²) in [6.07, 6.45) is -10.1. The van der Waals surface area contributed by atoms with Crippen LogP contribution in [0.25, 0.3) is 0 Å². The molecule has 0 spiro atoms. The van der Waals surface area contributed by atoms with Crippen LogP contribution in [-0.2, 0) is 52.7 Å². The summed E-state index contributed by atoms with van der Waals surface area (Å²) < 4.78 is 1.65. The van der Waals surface area contributed by atoms with Crippen LogP contribution in [0.4, 0.5) is 0 Å². The number of aliphatic hydroxyl groups is 8. The van der Waals surface area contributed by atoms with E-state index >= 15 is 0 Å². The number of aldehydes is 1. The van der Waals surface area contributed by atoms with Crippen molar-refractivity contribution in [1.82, 2.24) is 15.5 Å². The van der Waals surface area contributed by atoms with E-state index in [0.29, 0.717) is 39.6 Å². The van der Waals surface area contributed by atoms with E-state index in [1.807, 2.05) is 77.5 Å². The Morgan fingerprint density at radius 2 is 0.762 bits per heavy atom. The quantitative estimate of drug-likeness (QED) is 0.0475. The van der Waals surface area contributed by atoms with E-state index in [1.165, 1.54) is 41.5 Å². The predicted molar refractivity (Wildman–Crippen MR) is 285 cm³/mol. The number of nitrogens with zero attached hydrogens (tertiary/aromatic N) is 4. The Bertz CT molecular complexity index is 1500. The molecule has 14 N–H and O–H groups in total. The third-order valence-electron chi connectivity index (χ3n) is 5.92. The molecule has 32 nitrogen and oxygen atoms in total. The first kappa shape index (κ1) is 99.3. The molecular formula is C48H101N7O25. The number of hydrogen-bond acceptors (Lipinski definition) is 24. The Labute approximate surface area is 470 Å². The van der Waals surface area contributed by atoms with E-state index in [4.69, 9.17) is 76.0 Å². The van der Waals surface area contributed by atoms with Crippen molar-refractivity contribution in [3.63, 3.8) is 0 Å². The number of quaternary nitrogens is 3. The number of carboxylic acids is 6. The molecule has 1 heterocycles. The number of rotatable bonds is 17. The lowest BCUT2D eigenvalue weighted by Crippen LogP contribution is -2.46. The van der Waals surface area contributed by atoms with Crippen LogP contribution in [0.5, 0.6) is 0 Å². The summed E-state index contributed by atoms with van der Waals surface area (Å²) >= 11 is 0. The molecule has 1 saturated heterocycles. The van der Waals surface area contributed by atoms with Crippen molar-refractivity contribution >= 4 is 71.3 Å². The fourth-order valence-corrected chi connectivity index (χ4v) is 3.85. The summed E-state index contributed by atoms with van der Waals surface area (Å²) in [5.74, 6) is -5.52. The molecule has 0 aromatic carbocycles. The summed E-state index contributed by atoms with van der Waals surface area (Å²) in [7, 11) is 22.4. The van der Waals surface area contributed by atoms with Gasteiger partial charge in [0.25, 0.3) is 17.9 Å². The van der Waals surface area contributed by atoms with Gasteiger partial charge in [0.1, 0.15) is 79.7 Å². The Morgan fingerprint density at radius 3 is 0.863 bits per heavy atom. The van der Waals surface area contributed by atoms with Crippen molar-refractivity contribution in [2.24, 2.45) is 0 Å². The van der Waals surface area contributed by atoms with Crippen molar-refractivity contribution in [2.75, 3.05) is 117 Å². The third-order valence-corrected chi connectivity index (χ3v) is 5.92. The number of carbonyl (C=O) groups is 11. The molecule has 0 aromatic heterocycles. The summed E-state index contributed by atoms with van der Waals surface area (Å²) in [4.78, 5) is 107. The van der Waals surface area contributed by atoms with Crippen molar-refractivity contribution in [1.29, 1.82) is 5.41 Å². The molecule has 3 unspecified atom stereocenters. The highest BCUT2D eigenvalue weighted by atomic mass is 16.4. The largest absolute Gasteiger partial charge is 0.550 e. The second-order valence-corrected chi connectivity index (χ2v) is 20.0. The summed E-state index contributed by atoms with van der Waals surface area (Å²) in [6, 6.07) is 0. The minimum absolute atomic E-state index is 0.0258. The number of hydrogen-bond donors (Lipinski definition) is 14. The van der Waals surface area contributed by atoms with Crippen LogP contribution in [0.1, 0.15) is 81.6 Å². The lowest BCUT2D eigenvalue weighted by atomic mass is 10.0. The first-order chi connectivity index (χ1) is 35.5. The maximum Gasteiger partial charge on any atom is 0.300 e. The van der Waals surface area contributed by atoms with Crippen LogP contribution in [0.3, 0.4) is 0 Å². The van der Waals surface area contributed by atoms with Crippen LogP contribution in [0.15, 0.2) is 0 Å². The Morgan fingerprint density at radius 1 is 0.562 bits per heavy atom. The summed E-state index contributed by atoms with van der Waals surface area (Å²) in [6.45, 7) is 13.2. The number of carbonyl (C=O) groups excluding carboxylic acids is 8. The molecule has 32 heteroatoms. The molecule has 7 atom stereocenters. The van der Waals surface area contributed by atoms with Gasteiger partial charge in [0.15, 0.2) is 12.2 Å². The Hall–Kier alpha value is -6.04.